The van der Waals surface area contributed by atoms with E-state index in [9.17, 15) is 9.59 Å². The molecule has 6 heteroatoms. The molecule has 0 aromatic heterocycles. The number of carbonyl (C=O) groups excluding carboxylic acids is 2. The molecule has 1 aliphatic rings. The van der Waals surface area contributed by atoms with Crippen LogP contribution in [0.4, 0.5) is 0 Å². The van der Waals surface area contributed by atoms with Crippen LogP contribution in [0.3, 0.4) is 0 Å². The van der Waals surface area contributed by atoms with E-state index in [1.165, 1.54) is 4.46 Å². The van der Waals surface area contributed by atoms with E-state index in [0.29, 0.717) is 5.75 Å². The zero-order valence-corrected chi connectivity index (χ0v) is 14.0. The zero-order chi connectivity index (χ0) is 16.1. The summed E-state index contributed by atoms with van der Waals surface area (Å²) in [7, 11) is 0. The van der Waals surface area contributed by atoms with Gasteiger partial charge in [-0.3, -0.25) is 0 Å². The summed E-state index contributed by atoms with van der Waals surface area (Å²) in [6.45, 7) is -0.0984. The van der Waals surface area contributed by atoms with E-state index in [4.69, 9.17) is 4.74 Å². The number of benzene rings is 2. The molecule has 2 aromatic rings. The molecule has 0 saturated carbocycles. The maximum atomic E-state index is 12.0. The monoisotopic (exact) mass is 376 g/mol. The Hall–Kier alpha value is -2.30. The first-order valence-corrected chi connectivity index (χ1v) is 9.06. The normalized spacial score (nSPS) is 19.4. The van der Waals surface area contributed by atoms with Crippen molar-refractivity contribution in [3.8, 4) is 5.75 Å². The quantitative estimate of drug-likeness (QED) is 0.553. The molecule has 1 unspecified atom stereocenters. The summed E-state index contributed by atoms with van der Waals surface area (Å²) in [5.74, 6) is 0.203. The zero-order valence-electron chi connectivity index (χ0n) is 12.3. The van der Waals surface area contributed by atoms with Gasteiger partial charge < -0.3 is 0 Å². The van der Waals surface area contributed by atoms with Gasteiger partial charge in [0.15, 0.2) is 0 Å². The van der Waals surface area contributed by atoms with Gasteiger partial charge in [0.1, 0.15) is 0 Å². The number of hydrogen-bond acceptors (Lipinski definition) is 3. The topological polar surface area (TPSA) is 67.4 Å². The van der Waals surface area contributed by atoms with Crippen LogP contribution in [-0.4, -0.2) is 44.4 Å². The molecule has 0 radical (unpaired) electrons. The molecule has 2 N–H and O–H groups in total. The Morgan fingerprint density at radius 1 is 1.09 bits per heavy atom. The van der Waals surface area contributed by atoms with Gasteiger partial charge in [-0.2, -0.15) is 0 Å². The fourth-order valence-corrected chi connectivity index (χ4v) is 4.45. The van der Waals surface area contributed by atoms with E-state index in [-0.39, 0.29) is 38.3 Å². The van der Waals surface area contributed by atoms with Crippen molar-refractivity contribution in [2.24, 2.45) is 0 Å². The van der Waals surface area contributed by atoms with Crippen LogP contribution in [0.25, 0.3) is 0 Å². The third-order valence-corrected chi connectivity index (χ3v) is 5.80. The Kier molecular flexibility index (Phi) is 4.95. The van der Waals surface area contributed by atoms with Gasteiger partial charge in [-0.15, -0.1) is 0 Å². The molecule has 1 heterocycles. The van der Waals surface area contributed by atoms with E-state index in [2.05, 4.69) is 10.6 Å². The molecule has 0 spiro atoms. The van der Waals surface area contributed by atoms with Crippen molar-refractivity contribution >= 4 is 31.2 Å². The van der Waals surface area contributed by atoms with Crippen LogP contribution < -0.4 is 19.8 Å². The molecule has 2 aromatic carbocycles. The maximum absolute atomic E-state index is 12.0. The van der Waals surface area contributed by atoms with E-state index in [1.54, 1.807) is 12.1 Å². The molecule has 1 fully saturated rings. The van der Waals surface area contributed by atoms with Gasteiger partial charge in [0.05, 0.1) is 0 Å². The SMILES string of the molecule is O=C(COc1ccccc1)N[C@@H]1C(=O)NC1[Se]c1ccccc1. The second-order valence-corrected chi connectivity index (χ2v) is 7.56. The van der Waals surface area contributed by atoms with E-state index in [0.717, 1.165) is 0 Å². The third-order valence-electron chi connectivity index (χ3n) is 3.31. The Morgan fingerprint density at radius 2 is 1.74 bits per heavy atom. The number of carbonyl (C=O) groups is 2. The van der Waals surface area contributed by atoms with Crippen LogP contribution in [0.2, 0.25) is 0 Å². The molecular formula is C17H16N2O3Se. The van der Waals surface area contributed by atoms with Crippen molar-refractivity contribution in [2.75, 3.05) is 6.61 Å². The van der Waals surface area contributed by atoms with Crippen molar-refractivity contribution in [1.29, 1.82) is 0 Å². The summed E-state index contributed by atoms with van der Waals surface area (Å²) in [6, 6.07) is 18.6. The summed E-state index contributed by atoms with van der Waals surface area (Å²) < 4.78 is 6.57. The molecular weight excluding hydrogens is 359 g/mol. The van der Waals surface area contributed by atoms with Gasteiger partial charge in [-0.25, -0.2) is 0 Å². The predicted molar refractivity (Wildman–Crippen MR) is 87.6 cm³/mol. The van der Waals surface area contributed by atoms with Crippen LogP contribution in [0.1, 0.15) is 0 Å². The molecule has 2 amide bonds. The molecule has 1 aliphatic heterocycles. The molecule has 3 rings (SSSR count). The molecule has 1 saturated heterocycles. The van der Waals surface area contributed by atoms with Gasteiger partial charge >= 0.3 is 140 Å². The number of nitrogens with one attached hydrogen (secondary N) is 2. The van der Waals surface area contributed by atoms with Gasteiger partial charge in [0, 0.05) is 0 Å². The number of β-lactam (4-membered cyclic amide) rings is 1. The van der Waals surface area contributed by atoms with Gasteiger partial charge in [-0.05, 0) is 0 Å². The average molecular weight is 375 g/mol. The summed E-state index contributed by atoms with van der Waals surface area (Å²) in [4.78, 5) is 23.6. The summed E-state index contributed by atoms with van der Waals surface area (Å²) in [5.41, 5.74) is 0. The molecule has 23 heavy (non-hydrogen) atoms. The van der Waals surface area contributed by atoms with Crippen molar-refractivity contribution in [2.45, 2.75) is 11.0 Å². The van der Waals surface area contributed by atoms with Gasteiger partial charge in [0.2, 0.25) is 0 Å². The second-order valence-electron chi connectivity index (χ2n) is 5.01. The second kappa shape index (κ2) is 7.31. The van der Waals surface area contributed by atoms with E-state index in [1.807, 2.05) is 48.5 Å². The number of rotatable bonds is 6. The van der Waals surface area contributed by atoms with Gasteiger partial charge in [0.25, 0.3) is 0 Å². The number of ether oxygens (including phenoxy) is 1. The number of amides is 2. The molecule has 118 valence electrons. The summed E-state index contributed by atoms with van der Waals surface area (Å²) in [6.07, 6.45) is 0. The third kappa shape index (κ3) is 4.12. The Morgan fingerprint density at radius 3 is 2.39 bits per heavy atom. The summed E-state index contributed by atoms with van der Waals surface area (Å²) >= 11 is 0.0768. The van der Waals surface area contributed by atoms with Crippen molar-refractivity contribution in [1.82, 2.24) is 10.6 Å². The minimum absolute atomic E-state index is 0.0157. The fraction of sp³-hybridized carbons (Fsp3) is 0.176. The predicted octanol–water partition coefficient (Wildman–Crippen LogP) is 0.0358. The average Bonchev–Trinajstić information content (AvgIpc) is 2.59. The fourth-order valence-electron chi connectivity index (χ4n) is 2.12. The standard InChI is InChI=1S/C17H16N2O3Se/c20-14(11-22-12-7-3-1-4-8-12)18-15-16(21)19-17(15)23-13-9-5-2-6-10-13/h1-10,15,17H,11H2,(H,18,20)(H,19,21)/t15-,17?/m1/s1. The first kappa shape index (κ1) is 15.6. The van der Waals surface area contributed by atoms with Gasteiger partial charge in [-0.1, -0.05) is 0 Å². The molecule has 5 nitrogen and oxygen atoms in total. The molecule has 0 bridgehead atoms. The number of para-hydroxylation sites is 1. The van der Waals surface area contributed by atoms with Crippen molar-refractivity contribution in [3.05, 3.63) is 60.7 Å². The molecule has 0 aliphatic carbocycles. The van der Waals surface area contributed by atoms with Crippen LogP contribution in [0.5, 0.6) is 5.75 Å². The van der Waals surface area contributed by atoms with Crippen LogP contribution >= 0.6 is 0 Å². The first-order chi connectivity index (χ1) is 11.2. The Balaban J connectivity index is 1.49. The van der Waals surface area contributed by atoms with Crippen LogP contribution in [0, 0.1) is 0 Å². The Labute approximate surface area is 140 Å². The number of hydrogen-bond donors (Lipinski definition) is 2. The van der Waals surface area contributed by atoms with E-state index >= 15 is 0 Å². The van der Waals surface area contributed by atoms with Crippen LogP contribution in [-0.2, 0) is 9.59 Å². The Bertz CT molecular complexity index is 679. The van der Waals surface area contributed by atoms with Crippen molar-refractivity contribution in [3.63, 3.8) is 0 Å². The van der Waals surface area contributed by atoms with Crippen molar-refractivity contribution < 1.29 is 14.3 Å². The molecule has 2 atom stereocenters. The minimum atomic E-state index is -0.470. The van der Waals surface area contributed by atoms with E-state index < -0.39 is 6.04 Å². The summed E-state index contributed by atoms with van der Waals surface area (Å²) in [5, 5.41) is 5.60. The first-order valence-electron chi connectivity index (χ1n) is 7.22. The van der Waals surface area contributed by atoms with Crippen LogP contribution in [0.15, 0.2) is 60.7 Å².